The average Bonchev–Trinajstić information content (AvgIpc) is 2.01. The van der Waals surface area contributed by atoms with Crippen molar-refractivity contribution in [1.29, 1.82) is 0 Å². The lowest BCUT2D eigenvalue weighted by molar-refractivity contribution is 1.18. The molecule has 2 nitrogen and oxygen atoms in total. The van der Waals surface area contributed by atoms with E-state index in [4.69, 9.17) is 5.73 Å². The summed E-state index contributed by atoms with van der Waals surface area (Å²) in [7, 11) is 0. The quantitative estimate of drug-likeness (QED) is 0.687. The minimum absolute atomic E-state index is 0.565. The van der Waals surface area contributed by atoms with E-state index < -0.39 is 0 Å². The number of aryl methyl sites for hydroxylation is 1. The second-order valence-electron chi connectivity index (χ2n) is 2.34. The Labute approximate surface area is 66.8 Å². The molecule has 0 amide bonds. The fraction of sp³-hybridized carbons (Fsp3) is 0.222. The fourth-order valence-corrected chi connectivity index (χ4v) is 0.846. The predicted octanol–water partition coefficient (Wildman–Crippen LogP) is 1.36. The van der Waals surface area contributed by atoms with Gasteiger partial charge in [-0.15, -0.1) is 0 Å². The summed E-state index contributed by atoms with van der Waals surface area (Å²) in [6, 6.07) is 5.91. The predicted molar refractivity (Wildman–Crippen MR) is 47.1 cm³/mol. The van der Waals surface area contributed by atoms with Gasteiger partial charge in [0.1, 0.15) is 0 Å². The SMILES string of the molecule is Cc1cccc(/C=C/CN)n1. The molecule has 0 aliphatic rings. The van der Waals surface area contributed by atoms with Gasteiger partial charge in [-0.3, -0.25) is 4.98 Å². The number of nitrogens with two attached hydrogens (primary N) is 1. The van der Waals surface area contributed by atoms with Crippen molar-refractivity contribution < 1.29 is 0 Å². The standard InChI is InChI=1S/C9H12N2/c1-8-4-2-5-9(11-8)6-3-7-10/h2-6H,7,10H2,1H3/b6-3+. The highest BCUT2D eigenvalue weighted by atomic mass is 14.7. The molecule has 1 aromatic heterocycles. The Balaban J connectivity index is 2.79. The van der Waals surface area contributed by atoms with E-state index in [0.29, 0.717) is 6.54 Å². The average molecular weight is 148 g/mol. The molecule has 0 saturated carbocycles. The van der Waals surface area contributed by atoms with Gasteiger partial charge in [0.25, 0.3) is 0 Å². The fourth-order valence-electron chi connectivity index (χ4n) is 0.846. The van der Waals surface area contributed by atoms with Crippen molar-refractivity contribution in [2.45, 2.75) is 6.92 Å². The summed E-state index contributed by atoms with van der Waals surface area (Å²) in [5, 5.41) is 0. The maximum absolute atomic E-state index is 5.30. The first-order valence-electron chi connectivity index (χ1n) is 3.63. The topological polar surface area (TPSA) is 38.9 Å². The summed E-state index contributed by atoms with van der Waals surface area (Å²) >= 11 is 0. The Morgan fingerprint density at radius 2 is 2.36 bits per heavy atom. The van der Waals surface area contributed by atoms with Crippen LogP contribution in [0.15, 0.2) is 24.3 Å². The molecule has 0 aliphatic heterocycles. The molecule has 0 atom stereocenters. The molecule has 0 fully saturated rings. The second kappa shape index (κ2) is 3.88. The third kappa shape index (κ3) is 2.51. The van der Waals surface area contributed by atoms with Crippen LogP contribution in [0.1, 0.15) is 11.4 Å². The number of nitrogens with zero attached hydrogens (tertiary/aromatic N) is 1. The van der Waals surface area contributed by atoms with E-state index in [-0.39, 0.29) is 0 Å². The van der Waals surface area contributed by atoms with Crippen LogP contribution in [0, 0.1) is 6.92 Å². The van der Waals surface area contributed by atoms with Gasteiger partial charge in [0, 0.05) is 12.2 Å². The van der Waals surface area contributed by atoms with Gasteiger partial charge in [-0.1, -0.05) is 12.1 Å². The summed E-state index contributed by atoms with van der Waals surface area (Å²) in [5.74, 6) is 0. The van der Waals surface area contributed by atoms with Crippen LogP contribution in [0.25, 0.3) is 6.08 Å². The van der Waals surface area contributed by atoms with Gasteiger partial charge in [-0.2, -0.15) is 0 Å². The van der Waals surface area contributed by atoms with Crippen LogP contribution in [0.4, 0.5) is 0 Å². The second-order valence-corrected chi connectivity index (χ2v) is 2.34. The van der Waals surface area contributed by atoms with Crippen molar-refractivity contribution in [3.63, 3.8) is 0 Å². The zero-order valence-corrected chi connectivity index (χ0v) is 6.62. The van der Waals surface area contributed by atoms with E-state index in [0.717, 1.165) is 11.4 Å². The molecular weight excluding hydrogens is 136 g/mol. The summed E-state index contributed by atoms with van der Waals surface area (Å²) in [6.07, 6.45) is 3.81. The zero-order chi connectivity index (χ0) is 8.10. The monoisotopic (exact) mass is 148 g/mol. The molecule has 1 rings (SSSR count). The van der Waals surface area contributed by atoms with E-state index in [2.05, 4.69) is 4.98 Å². The molecule has 2 heteroatoms. The molecule has 0 radical (unpaired) electrons. The summed E-state index contributed by atoms with van der Waals surface area (Å²) in [4.78, 5) is 4.27. The molecule has 0 aromatic carbocycles. The largest absolute Gasteiger partial charge is 0.327 e. The first-order valence-corrected chi connectivity index (χ1v) is 3.63. The van der Waals surface area contributed by atoms with Crippen LogP contribution in [0.5, 0.6) is 0 Å². The molecule has 0 bridgehead atoms. The lowest BCUT2D eigenvalue weighted by Gasteiger charge is -1.93. The van der Waals surface area contributed by atoms with Crippen LogP contribution in [0.2, 0.25) is 0 Å². The maximum Gasteiger partial charge on any atom is 0.0630 e. The van der Waals surface area contributed by atoms with Gasteiger partial charge < -0.3 is 5.73 Å². The normalized spacial score (nSPS) is 10.7. The summed E-state index contributed by atoms with van der Waals surface area (Å²) in [6.45, 7) is 2.54. The van der Waals surface area contributed by atoms with Crippen molar-refractivity contribution in [1.82, 2.24) is 4.98 Å². The third-order valence-corrected chi connectivity index (χ3v) is 1.33. The highest BCUT2D eigenvalue weighted by molar-refractivity contribution is 5.44. The van der Waals surface area contributed by atoms with E-state index >= 15 is 0 Å². The van der Waals surface area contributed by atoms with E-state index in [1.807, 2.05) is 37.3 Å². The van der Waals surface area contributed by atoms with Crippen molar-refractivity contribution >= 4 is 6.08 Å². The van der Waals surface area contributed by atoms with Crippen LogP contribution < -0.4 is 5.73 Å². The van der Waals surface area contributed by atoms with Crippen LogP contribution in [0.3, 0.4) is 0 Å². The van der Waals surface area contributed by atoms with Gasteiger partial charge in [-0.05, 0) is 25.1 Å². The van der Waals surface area contributed by atoms with E-state index in [1.54, 1.807) is 0 Å². The molecular formula is C9H12N2. The van der Waals surface area contributed by atoms with Gasteiger partial charge in [0.05, 0.1) is 5.69 Å². The number of aromatic nitrogens is 1. The van der Waals surface area contributed by atoms with E-state index in [9.17, 15) is 0 Å². The highest BCUT2D eigenvalue weighted by Crippen LogP contribution is 1.99. The number of rotatable bonds is 2. The van der Waals surface area contributed by atoms with Crippen molar-refractivity contribution in [3.05, 3.63) is 35.7 Å². The van der Waals surface area contributed by atoms with Gasteiger partial charge in [-0.25, -0.2) is 0 Å². The van der Waals surface area contributed by atoms with Gasteiger partial charge in [0.2, 0.25) is 0 Å². The summed E-state index contributed by atoms with van der Waals surface area (Å²) in [5.41, 5.74) is 7.30. The van der Waals surface area contributed by atoms with Crippen molar-refractivity contribution in [2.24, 2.45) is 5.73 Å². The Morgan fingerprint density at radius 1 is 1.55 bits per heavy atom. The minimum Gasteiger partial charge on any atom is -0.327 e. The van der Waals surface area contributed by atoms with Crippen molar-refractivity contribution in [3.8, 4) is 0 Å². The lowest BCUT2D eigenvalue weighted by Crippen LogP contribution is -1.92. The van der Waals surface area contributed by atoms with E-state index in [1.165, 1.54) is 0 Å². The molecule has 0 aliphatic carbocycles. The number of pyridine rings is 1. The Hall–Kier alpha value is -1.15. The molecule has 0 spiro atoms. The first kappa shape index (κ1) is 7.95. The highest BCUT2D eigenvalue weighted by Gasteiger charge is 1.86. The maximum atomic E-state index is 5.30. The Morgan fingerprint density at radius 3 is 3.00 bits per heavy atom. The van der Waals surface area contributed by atoms with Crippen LogP contribution in [-0.4, -0.2) is 11.5 Å². The summed E-state index contributed by atoms with van der Waals surface area (Å²) < 4.78 is 0. The third-order valence-electron chi connectivity index (χ3n) is 1.33. The lowest BCUT2D eigenvalue weighted by atomic mass is 10.3. The molecule has 0 unspecified atom stereocenters. The van der Waals surface area contributed by atoms with Crippen LogP contribution in [-0.2, 0) is 0 Å². The minimum atomic E-state index is 0.565. The number of hydrogen-bond acceptors (Lipinski definition) is 2. The molecule has 1 heterocycles. The Kier molecular flexibility index (Phi) is 2.81. The smallest absolute Gasteiger partial charge is 0.0630 e. The van der Waals surface area contributed by atoms with Gasteiger partial charge in [0.15, 0.2) is 0 Å². The Bertz CT molecular complexity index is 253. The molecule has 2 N–H and O–H groups in total. The zero-order valence-electron chi connectivity index (χ0n) is 6.62. The van der Waals surface area contributed by atoms with Gasteiger partial charge >= 0.3 is 0 Å². The molecule has 58 valence electrons. The molecule has 0 saturated heterocycles. The molecule has 11 heavy (non-hydrogen) atoms. The molecule has 1 aromatic rings. The first-order chi connectivity index (χ1) is 5.33. The number of hydrogen-bond donors (Lipinski definition) is 1. The van der Waals surface area contributed by atoms with Crippen molar-refractivity contribution in [2.75, 3.05) is 6.54 Å². The van der Waals surface area contributed by atoms with Crippen LogP contribution >= 0.6 is 0 Å².